The molecule has 0 atom stereocenters. The monoisotopic (exact) mass is 246 g/mol. The molecule has 0 bridgehead atoms. The van der Waals surface area contributed by atoms with Crippen molar-refractivity contribution < 1.29 is 14.3 Å². The fourth-order valence-electron chi connectivity index (χ4n) is 1.21. The first-order valence-electron chi connectivity index (χ1n) is 5.19. The second-order valence-electron chi connectivity index (χ2n) is 3.29. The Balaban J connectivity index is 2.35. The van der Waals surface area contributed by atoms with Crippen molar-refractivity contribution in [2.45, 2.75) is 6.42 Å². The summed E-state index contributed by atoms with van der Waals surface area (Å²) in [6, 6.07) is 0. The Labute approximate surface area is 100 Å². The van der Waals surface area contributed by atoms with E-state index in [0.29, 0.717) is 0 Å². The van der Waals surface area contributed by atoms with Gasteiger partial charge >= 0.3 is 5.97 Å². The summed E-state index contributed by atoms with van der Waals surface area (Å²) in [7, 11) is 3.19. The summed E-state index contributed by atoms with van der Waals surface area (Å²) in [5.74, 6) is -0.233. The molecule has 1 N–H and O–H groups in total. The van der Waals surface area contributed by atoms with Gasteiger partial charge in [-0.25, -0.2) is 4.31 Å². The number of rotatable bonds is 5. The van der Waals surface area contributed by atoms with Gasteiger partial charge in [0, 0.05) is 31.2 Å². The molecule has 0 aromatic carbocycles. The first-order chi connectivity index (χ1) is 7.76. The molecule has 0 saturated carbocycles. The van der Waals surface area contributed by atoms with Gasteiger partial charge in [-0.15, -0.1) is 0 Å². The van der Waals surface area contributed by atoms with Crippen molar-refractivity contribution in [1.29, 1.82) is 0 Å². The summed E-state index contributed by atoms with van der Waals surface area (Å²) in [5.41, 5.74) is 0.864. The van der Waals surface area contributed by atoms with E-state index in [2.05, 4.69) is 14.4 Å². The van der Waals surface area contributed by atoms with Crippen molar-refractivity contribution in [2.24, 2.45) is 0 Å². The Kier molecular flexibility index (Phi) is 6.29. The van der Waals surface area contributed by atoms with Crippen LogP contribution in [-0.2, 0) is 14.3 Å². The molecule has 0 unspecified atom stereocenters. The molecule has 1 saturated heterocycles. The summed E-state index contributed by atoms with van der Waals surface area (Å²) in [6.07, 6.45) is 0.282. The van der Waals surface area contributed by atoms with Crippen LogP contribution < -0.4 is 5.32 Å². The summed E-state index contributed by atoms with van der Waals surface area (Å²) in [6.45, 7) is 3.37. The number of hydrogen-bond donors (Lipinski definition) is 1. The lowest BCUT2D eigenvalue weighted by Crippen LogP contribution is -2.30. The molecule has 1 aliphatic heterocycles. The lowest BCUT2D eigenvalue weighted by molar-refractivity contribution is -0.139. The van der Waals surface area contributed by atoms with Crippen molar-refractivity contribution in [3.05, 3.63) is 11.1 Å². The number of nitrogens with one attached hydrogen (secondary N) is 1. The van der Waals surface area contributed by atoms with Crippen LogP contribution in [0.1, 0.15) is 6.42 Å². The number of carbonyl (C=O) groups excluding carboxylic acids is 1. The van der Waals surface area contributed by atoms with Crippen molar-refractivity contribution in [1.82, 2.24) is 9.62 Å². The first kappa shape index (κ1) is 13.3. The number of carbonyl (C=O) groups is 1. The van der Waals surface area contributed by atoms with Crippen LogP contribution in [-0.4, -0.2) is 50.7 Å². The van der Waals surface area contributed by atoms with E-state index >= 15 is 0 Å². The first-order valence-corrected chi connectivity index (χ1v) is 6.03. The number of nitrogens with zero attached hydrogens (tertiary/aromatic N) is 1. The zero-order valence-corrected chi connectivity index (χ0v) is 10.5. The predicted octanol–water partition coefficient (Wildman–Crippen LogP) is 0.591. The standard InChI is InChI=1S/C10H18N2O3S/c1-11-9(7-10(13)14-2)8-16-12-3-5-15-6-4-12/h8,11H,3-7H2,1-2H3/b9-8-. The number of ether oxygens (including phenoxy) is 2. The van der Waals surface area contributed by atoms with Gasteiger partial charge in [-0.3, -0.25) is 4.79 Å². The highest BCUT2D eigenvalue weighted by Gasteiger charge is 2.10. The van der Waals surface area contributed by atoms with E-state index in [1.54, 1.807) is 19.0 Å². The van der Waals surface area contributed by atoms with Crippen LogP contribution in [0, 0.1) is 0 Å². The van der Waals surface area contributed by atoms with Crippen LogP contribution in [0.4, 0.5) is 0 Å². The molecule has 0 amide bonds. The molecule has 0 spiro atoms. The SMILES string of the molecule is CN/C(=C\SN1CCOCC1)CC(=O)OC. The Hall–Kier alpha value is -0.720. The van der Waals surface area contributed by atoms with Crippen molar-refractivity contribution >= 4 is 17.9 Å². The van der Waals surface area contributed by atoms with Crippen molar-refractivity contribution in [3.63, 3.8) is 0 Å². The molecular weight excluding hydrogens is 228 g/mol. The third kappa shape index (κ3) is 4.87. The largest absolute Gasteiger partial charge is 0.469 e. The highest BCUT2D eigenvalue weighted by molar-refractivity contribution is 7.99. The minimum absolute atomic E-state index is 0.233. The average Bonchev–Trinajstić information content (AvgIpc) is 2.35. The Morgan fingerprint density at radius 2 is 2.25 bits per heavy atom. The van der Waals surface area contributed by atoms with Gasteiger partial charge in [0.15, 0.2) is 0 Å². The maximum atomic E-state index is 11.1. The van der Waals surface area contributed by atoms with Gasteiger partial charge in [0.05, 0.1) is 26.7 Å². The molecule has 1 rings (SSSR count). The van der Waals surface area contributed by atoms with Crippen LogP contribution in [0.3, 0.4) is 0 Å². The van der Waals surface area contributed by atoms with E-state index < -0.39 is 0 Å². The molecule has 1 aliphatic rings. The van der Waals surface area contributed by atoms with E-state index in [0.717, 1.165) is 32.0 Å². The topological polar surface area (TPSA) is 50.8 Å². The van der Waals surface area contributed by atoms with Gasteiger partial charge in [-0.2, -0.15) is 0 Å². The zero-order chi connectivity index (χ0) is 11.8. The average molecular weight is 246 g/mol. The zero-order valence-electron chi connectivity index (χ0n) is 9.69. The number of esters is 1. The molecular formula is C10H18N2O3S. The summed E-state index contributed by atoms with van der Waals surface area (Å²) in [4.78, 5) is 11.1. The van der Waals surface area contributed by atoms with E-state index in [1.165, 1.54) is 7.11 Å². The molecule has 16 heavy (non-hydrogen) atoms. The Bertz CT molecular complexity index is 252. The maximum absolute atomic E-state index is 11.1. The second kappa shape index (κ2) is 7.54. The normalized spacial score (nSPS) is 18.2. The highest BCUT2D eigenvalue weighted by Crippen LogP contribution is 2.16. The fourth-order valence-corrected chi connectivity index (χ4v) is 2.04. The fraction of sp³-hybridized carbons (Fsp3) is 0.700. The van der Waals surface area contributed by atoms with E-state index in [9.17, 15) is 4.79 Å². The smallest absolute Gasteiger partial charge is 0.311 e. The van der Waals surface area contributed by atoms with Crippen LogP contribution in [0.2, 0.25) is 0 Å². The minimum Gasteiger partial charge on any atom is -0.469 e. The molecule has 0 radical (unpaired) electrons. The van der Waals surface area contributed by atoms with Gasteiger partial charge in [0.2, 0.25) is 0 Å². The van der Waals surface area contributed by atoms with Gasteiger partial charge in [0.1, 0.15) is 0 Å². The third-order valence-electron chi connectivity index (χ3n) is 2.20. The lowest BCUT2D eigenvalue weighted by atomic mass is 10.3. The highest BCUT2D eigenvalue weighted by atomic mass is 32.2. The van der Waals surface area contributed by atoms with Gasteiger partial charge in [-0.1, -0.05) is 0 Å². The molecule has 1 heterocycles. The van der Waals surface area contributed by atoms with Crippen molar-refractivity contribution in [3.8, 4) is 0 Å². The van der Waals surface area contributed by atoms with Crippen LogP contribution in [0.25, 0.3) is 0 Å². The second-order valence-corrected chi connectivity index (χ2v) is 4.26. The van der Waals surface area contributed by atoms with Gasteiger partial charge in [-0.05, 0) is 11.9 Å². The Morgan fingerprint density at radius 3 is 2.81 bits per heavy atom. The van der Waals surface area contributed by atoms with E-state index in [-0.39, 0.29) is 12.4 Å². The van der Waals surface area contributed by atoms with Gasteiger partial charge in [0.25, 0.3) is 0 Å². The predicted molar refractivity (Wildman–Crippen MR) is 63.8 cm³/mol. The Morgan fingerprint density at radius 1 is 1.56 bits per heavy atom. The van der Waals surface area contributed by atoms with E-state index in [4.69, 9.17) is 4.74 Å². The quantitative estimate of drug-likeness (QED) is 0.566. The van der Waals surface area contributed by atoms with Crippen molar-refractivity contribution in [2.75, 3.05) is 40.5 Å². The summed E-state index contributed by atoms with van der Waals surface area (Å²) < 4.78 is 12.1. The lowest BCUT2D eigenvalue weighted by Gasteiger charge is -2.24. The molecule has 0 aromatic heterocycles. The molecule has 6 heteroatoms. The number of morpholine rings is 1. The molecule has 92 valence electrons. The molecule has 0 aliphatic carbocycles. The van der Waals surface area contributed by atoms with Gasteiger partial charge < -0.3 is 14.8 Å². The van der Waals surface area contributed by atoms with Crippen LogP contribution in [0.15, 0.2) is 11.1 Å². The summed E-state index contributed by atoms with van der Waals surface area (Å²) >= 11 is 1.60. The summed E-state index contributed by atoms with van der Waals surface area (Å²) in [5, 5.41) is 4.94. The molecule has 0 aromatic rings. The third-order valence-corrected chi connectivity index (χ3v) is 3.25. The molecule has 1 fully saturated rings. The molecule has 5 nitrogen and oxygen atoms in total. The van der Waals surface area contributed by atoms with E-state index in [1.807, 2.05) is 5.41 Å². The van der Waals surface area contributed by atoms with Crippen LogP contribution >= 0.6 is 11.9 Å². The number of methoxy groups -OCH3 is 1. The van der Waals surface area contributed by atoms with Crippen LogP contribution in [0.5, 0.6) is 0 Å². The minimum atomic E-state index is -0.233. The maximum Gasteiger partial charge on any atom is 0.311 e. The number of hydrogen-bond acceptors (Lipinski definition) is 6.